The van der Waals surface area contributed by atoms with Gasteiger partial charge in [-0.3, -0.25) is 9.59 Å². The van der Waals surface area contributed by atoms with Crippen molar-refractivity contribution in [2.24, 2.45) is 47.3 Å². The molecule has 7 heterocycles. The fourth-order valence-electron chi connectivity index (χ4n) is 18.5. The minimum absolute atomic E-state index is 0.0102. The Hall–Kier alpha value is -2.03. The summed E-state index contributed by atoms with van der Waals surface area (Å²) in [6.07, 6.45) is -13.5. The van der Waals surface area contributed by atoms with Crippen molar-refractivity contribution in [3.8, 4) is 0 Å². The molecule has 6 N–H and O–H groups in total. The zero-order valence-electron chi connectivity index (χ0n) is 74.0. The molecule has 648 valence electrons. The number of hydrogen-bond donors (Lipinski definition) is 6. The highest BCUT2D eigenvalue weighted by Gasteiger charge is 2.58. The standard InChI is InChI=1S/C46H87NO12Si2.C37H67NO12/c1-22-34-28(4)38-29(5)36(56-44(9,10)57-38)26(2)24-45(11,49)40(55-43-39(58-60(16,17)18)33(47(13)14)23-27(3)51-43)30(6)37(31(7)42(48)53-34)54-35-25-46(12,50-15)41(32(8)52-35)59-61(19,20)21;1-14-26-20(4)29(40)21(5)28(39)18(2)16-36(9,44)33(50-35-30(41)25(38(11)12)15-19(3)46-35)22(6)31(23(7)34(43)48-26)49-27-17-37(10,45-13)32(42)24(8)47-27/h26-27,29-41,43,49H,4,22-25H2,1-3,5-21H3;18-19,21-33,35,39-42,44H,4,14-17H2,1-3,5-13H3/t26-,27-,29+,30+,31-,32+,33+,34-,35?,36+,37+,38+,39-,40-,41+,43?,45+,46-;18-,19-,21+,22+,23-,24+,25+,26-,27?,28+,29+,30-,31+,32+,33-,35?,36+,37-/m11/s1. The fourth-order valence-corrected chi connectivity index (χ4v) is 20.8. The summed E-state index contributed by atoms with van der Waals surface area (Å²) < 4.78 is 104. The van der Waals surface area contributed by atoms with Crippen molar-refractivity contribution in [2.75, 3.05) is 42.4 Å². The van der Waals surface area contributed by atoms with Crippen molar-refractivity contribution in [3.63, 3.8) is 0 Å². The summed E-state index contributed by atoms with van der Waals surface area (Å²) in [6.45, 7) is 58.8. The number of nitrogens with zero attached hydrogens (tertiary/aromatic N) is 2. The number of rotatable bonds is 18. The number of aliphatic hydroxyl groups is 6. The summed E-state index contributed by atoms with van der Waals surface area (Å²) in [5.74, 6) is -6.82. The number of ether oxygens (including phenoxy) is 14. The van der Waals surface area contributed by atoms with E-state index in [4.69, 9.17) is 75.2 Å². The van der Waals surface area contributed by atoms with E-state index in [9.17, 15) is 40.2 Å². The zero-order chi connectivity index (χ0) is 84.4. The molecule has 28 heteroatoms. The van der Waals surface area contributed by atoms with Crippen LogP contribution in [0.1, 0.15) is 190 Å². The first-order valence-corrected chi connectivity index (χ1v) is 48.1. The van der Waals surface area contributed by atoms with Crippen LogP contribution in [0.5, 0.6) is 0 Å². The lowest BCUT2D eigenvalue weighted by Gasteiger charge is -2.52. The molecule has 0 aromatic rings. The number of aliphatic hydroxyl groups excluding tert-OH is 4. The van der Waals surface area contributed by atoms with Crippen LogP contribution in [0, 0.1) is 47.3 Å². The van der Waals surface area contributed by atoms with Crippen LogP contribution in [0.15, 0.2) is 24.3 Å². The van der Waals surface area contributed by atoms with Gasteiger partial charge in [-0.15, -0.1) is 0 Å². The van der Waals surface area contributed by atoms with Crippen molar-refractivity contribution in [2.45, 2.75) is 404 Å². The van der Waals surface area contributed by atoms with Gasteiger partial charge in [-0.1, -0.05) is 68.5 Å². The highest BCUT2D eigenvalue weighted by molar-refractivity contribution is 6.70. The molecule has 7 fully saturated rings. The summed E-state index contributed by atoms with van der Waals surface area (Å²) in [4.78, 5) is 32.8. The first-order chi connectivity index (χ1) is 50.9. The summed E-state index contributed by atoms with van der Waals surface area (Å²) in [7, 11) is 6.89. The van der Waals surface area contributed by atoms with Crippen LogP contribution in [0.4, 0.5) is 0 Å². The molecule has 2 bridgehead atoms. The third-order valence-electron chi connectivity index (χ3n) is 24.8. The minimum atomic E-state index is -2.15. The number of methoxy groups -OCH3 is 2. The van der Waals surface area contributed by atoms with E-state index in [2.05, 4.69) is 85.3 Å². The van der Waals surface area contributed by atoms with E-state index in [1.807, 2.05) is 95.2 Å². The Morgan fingerprint density at radius 1 is 0.495 bits per heavy atom. The first-order valence-electron chi connectivity index (χ1n) is 41.3. The van der Waals surface area contributed by atoms with Gasteiger partial charge < -0.3 is 116 Å². The number of hydrogen-bond acceptors (Lipinski definition) is 26. The molecule has 111 heavy (non-hydrogen) atoms. The molecule has 36 atom stereocenters. The summed E-state index contributed by atoms with van der Waals surface area (Å²) in [5.41, 5.74) is -4.00. The van der Waals surface area contributed by atoms with Gasteiger partial charge in [0.2, 0.25) is 0 Å². The van der Waals surface area contributed by atoms with Gasteiger partial charge in [-0.05, 0) is 212 Å². The van der Waals surface area contributed by atoms with Crippen LogP contribution >= 0.6 is 0 Å². The quantitative estimate of drug-likeness (QED) is 0.0422. The minimum Gasteiger partial charge on any atom is -0.457 e. The van der Waals surface area contributed by atoms with Crippen molar-refractivity contribution in [1.82, 2.24) is 9.80 Å². The lowest BCUT2D eigenvalue weighted by molar-refractivity contribution is -0.328. The zero-order valence-corrected chi connectivity index (χ0v) is 76.0. The average Bonchev–Trinajstić information content (AvgIpc) is 0.774. The monoisotopic (exact) mass is 1620 g/mol. The molecular weight excluding hydrogens is 1470 g/mol. The molecule has 7 saturated heterocycles. The van der Waals surface area contributed by atoms with E-state index in [1.165, 1.54) is 7.11 Å². The van der Waals surface area contributed by atoms with Gasteiger partial charge in [0.15, 0.2) is 47.6 Å². The second kappa shape index (κ2) is 39.0. The van der Waals surface area contributed by atoms with Crippen molar-refractivity contribution in [1.29, 1.82) is 0 Å². The molecule has 0 aliphatic carbocycles. The Kier molecular flexibility index (Phi) is 34.4. The van der Waals surface area contributed by atoms with Gasteiger partial charge in [-0.2, -0.15) is 0 Å². The number of fused-ring (bicyclic) bond motifs is 2. The molecule has 0 spiro atoms. The van der Waals surface area contributed by atoms with E-state index in [0.29, 0.717) is 37.7 Å². The normalized spacial score (nSPS) is 46.6. The van der Waals surface area contributed by atoms with E-state index in [0.717, 1.165) is 6.42 Å². The summed E-state index contributed by atoms with van der Waals surface area (Å²) in [5, 5.41) is 70.6. The van der Waals surface area contributed by atoms with Crippen LogP contribution in [0.3, 0.4) is 0 Å². The molecule has 0 aromatic carbocycles. The SMILES string of the molecule is C=C1[C@@H](CC)OC(=O)[C@H](C)[C@@H](OC2C[C@@](C)(OC)[C@@H](O)[C@H](C)O2)[C@H](C)[C@@H](OC2O[C@H](C)C[C@H](N(C)C)[C@H]2O)[C@@](C)(O)C[C@@H](C)[C@H](O)[C@H](C)[C@H]1O.C=C1[C@@H](CC)OC(=O)[C@H](C)[C@@H](OC2C[C@@](C)(OC)[C@@H](O[Si](C)(C)C)[C@H](C)O2)[C@H](C)[C@@H](OC2O[C@H](C)C[C@H](N(C)C)[C@H]2O[Si](C)(C)C)[C@@](C)(O)C[C@@H](C)[C@@H]2OC(C)(C)O[C@@H]1[C@H]2C. The lowest BCUT2D eigenvalue weighted by atomic mass is 9.74. The van der Waals surface area contributed by atoms with E-state index in [1.54, 1.807) is 55.6 Å². The van der Waals surface area contributed by atoms with Crippen LogP contribution in [-0.4, -0.2) is 287 Å². The van der Waals surface area contributed by atoms with Crippen LogP contribution < -0.4 is 0 Å². The largest absolute Gasteiger partial charge is 0.457 e. The average molecular weight is 1620 g/mol. The molecule has 26 nitrogen and oxygen atoms in total. The number of cyclic esters (lactones) is 2. The molecule has 0 radical (unpaired) electrons. The third-order valence-corrected chi connectivity index (χ3v) is 26.8. The summed E-state index contributed by atoms with van der Waals surface area (Å²) in [6, 6.07) is -0.301. The Bertz CT molecular complexity index is 2970. The second-order valence-electron chi connectivity index (χ2n) is 38.1. The van der Waals surface area contributed by atoms with Gasteiger partial charge in [0.1, 0.15) is 30.5 Å². The Labute approximate surface area is 669 Å². The second-order valence-corrected chi connectivity index (χ2v) is 47.0. The van der Waals surface area contributed by atoms with Gasteiger partial charge in [0, 0.05) is 62.8 Å². The van der Waals surface area contributed by atoms with Gasteiger partial charge in [0.25, 0.3) is 0 Å². The molecule has 7 rings (SSSR count). The highest BCUT2D eigenvalue weighted by atomic mass is 28.4. The lowest BCUT2D eigenvalue weighted by Crippen LogP contribution is -2.62. The summed E-state index contributed by atoms with van der Waals surface area (Å²) >= 11 is 0. The number of carbonyl (C=O) groups excluding carboxylic acids is 2. The molecule has 0 aromatic heterocycles. The molecular formula is C83H154N2O24Si2. The topological polar surface area (TPSA) is 310 Å². The molecule has 0 amide bonds. The Morgan fingerprint density at radius 2 is 0.928 bits per heavy atom. The van der Waals surface area contributed by atoms with Crippen molar-refractivity contribution in [3.05, 3.63) is 24.3 Å². The number of carbonyl (C=O) groups is 2. The third kappa shape index (κ3) is 24.2. The maximum atomic E-state index is 14.7. The number of esters is 2. The highest BCUT2D eigenvalue weighted by Crippen LogP contribution is 2.47. The molecule has 0 saturated carbocycles. The van der Waals surface area contributed by atoms with E-state index in [-0.39, 0.29) is 72.9 Å². The van der Waals surface area contributed by atoms with Crippen LogP contribution in [-0.2, 0) is 84.8 Å². The van der Waals surface area contributed by atoms with Crippen LogP contribution in [0.25, 0.3) is 0 Å². The maximum absolute atomic E-state index is 14.7. The molecule has 4 unspecified atom stereocenters. The smallest absolute Gasteiger partial charge is 0.311 e. The van der Waals surface area contributed by atoms with Gasteiger partial charge in [0.05, 0.1) is 114 Å². The van der Waals surface area contributed by atoms with Crippen LogP contribution in [0.2, 0.25) is 39.3 Å². The van der Waals surface area contributed by atoms with E-state index < -0.39 is 197 Å². The maximum Gasteiger partial charge on any atom is 0.311 e. The molecule has 7 aliphatic heterocycles. The number of likely N-dealkylation sites (N-methyl/N-ethyl adjacent to an activating group) is 2. The Morgan fingerprint density at radius 3 is 1.39 bits per heavy atom. The molecule has 7 aliphatic rings. The Balaban J connectivity index is 0.000000353. The first kappa shape index (κ1) is 97.8. The predicted molar refractivity (Wildman–Crippen MR) is 428 cm³/mol. The van der Waals surface area contributed by atoms with Gasteiger partial charge >= 0.3 is 11.9 Å². The van der Waals surface area contributed by atoms with Gasteiger partial charge in [-0.25, -0.2) is 0 Å². The van der Waals surface area contributed by atoms with E-state index >= 15 is 0 Å². The van der Waals surface area contributed by atoms with Crippen molar-refractivity contribution >= 4 is 28.6 Å². The fraction of sp³-hybridized carbons (Fsp3) is 0.928. The van der Waals surface area contributed by atoms with Crippen molar-refractivity contribution < 1.29 is 115 Å². The predicted octanol–water partition coefficient (Wildman–Crippen LogP) is 10.3.